The summed E-state index contributed by atoms with van der Waals surface area (Å²) in [6.45, 7) is 4.53. The van der Waals surface area contributed by atoms with Crippen LogP contribution in [0.15, 0.2) is 24.3 Å². The topological polar surface area (TPSA) is 44.4 Å². The first kappa shape index (κ1) is 13.1. The van der Waals surface area contributed by atoms with Gasteiger partial charge in [0.05, 0.1) is 6.54 Å². The number of hydrogen-bond acceptors (Lipinski definition) is 3. The Labute approximate surface area is 108 Å². The van der Waals surface area contributed by atoms with E-state index >= 15 is 0 Å². The second kappa shape index (κ2) is 5.98. The van der Waals surface area contributed by atoms with Crippen LogP contribution in [0.3, 0.4) is 0 Å². The molecule has 2 N–H and O–H groups in total. The number of benzene rings is 1. The van der Waals surface area contributed by atoms with Crippen molar-refractivity contribution in [2.24, 2.45) is 0 Å². The number of likely N-dealkylation sites (N-methyl/N-ethyl adjacent to an activating group) is 1. The molecule has 18 heavy (non-hydrogen) atoms. The van der Waals surface area contributed by atoms with Gasteiger partial charge in [-0.2, -0.15) is 0 Å². The first-order valence-corrected chi connectivity index (χ1v) is 6.48. The van der Waals surface area contributed by atoms with Gasteiger partial charge in [-0.05, 0) is 31.2 Å². The third-order valence-corrected chi connectivity index (χ3v) is 3.42. The van der Waals surface area contributed by atoms with Crippen molar-refractivity contribution < 1.29 is 4.79 Å². The fourth-order valence-electron chi connectivity index (χ4n) is 1.97. The van der Waals surface area contributed by atoms with Crippen LogP contribution in [-0.2, 0) is 11.2 Å². The fraction of sp³-hybridized carbons (Fsp3) is 0.500. The molecule has 1 aromatic rings. The summed E-state index contributed by atoms with van der Waals surface area (Å²) in [5, 5.41) is 6.13. The lowest BCUT2D eigenvalue weighted by atomic mass is 10.1. The minimum absolute atomic E-state index is 0.0497. The van der Waals surface area contributed by atoms with Gasteiger partial charge in [-0.1, -0.05) is 19.1 Å². The molecule has 1 aromatic carbocycles. The molecule has 4 nitrogen and oxygen atoms in total. The quantitative estimate of drug-likeness (QED) is 0.818. The zero-order chi connectivity index (χ0) is 13.0. The van der Waals surface area contributed by atoms with Crippen molar-refractivity contribution in [1.82, 2.24) is 10.2 Å². The molecule has 0 spiro atoms. The van der Waals surface area contributed by atoms with E-state index in [-0.39, 0.29) is 5.91 Å². The smallest absolute Gasteiger partial charge is 0.238 e. The Morgan fingerprint density at radius 3 is 2.56 bits per heavy atom. The maximum Gasteiger partial charge on any atom is 0.238 e. The molecule has 4 heteroatoms. The average Bonchev–Trinajstić information content (AvgIpc) is 2.27. The highest BCUT2D eigenvalue weighted by Crippen LogP contribution is 2.10. The van der Waals surface area contributed by atoms with Crippen molar-refractivity contribution in [3.8, 4) is 0 Å². The van der Waals surface area contributed by atoms with Gasteiger partial charge in [-0.25, -0.2) is 0 Å². The average molecular weight is 247 g/mol. The minimum atomic E-state index is 0.0497. The Hall–Kier alpha value is -1.39. The van der Waals surface area contributed by atoms with Gasteiger partial charge in [-0.3, -0.25) is 9.69 Å². The maximum atomic E-state index is 11.8. The highest BCUT2D eigenvalue weighted by Gasteiger charge is 2.22. The first-order valence-electron chi connectivity index (χ1n) is 6.48. The number of rotatable bonds is 5. The number of amides is 1. The predicted octanol–water partition coefficient (Wildman–Crippen LogP) is 1.09. The number of aryl methyl sites for hydroxylation is 1. The zero-order valence-electron chi connectivity index (χ0n) is 11.1. The summed E-state index contributed by atoms with van der Waals surface area (Å²) >= 11 is 0. The third kappa shape index (κ3) is 3.31. The summed E-state index contributed by atoms with van der Waals surface area (Å²) in [7, 11) is 1.99. The molecule has 1 aliphatic heterocycles. The molecule has 1 saturated heterocycles. The van der Waals surface area contributed by atoms with Crippen LogP contribution >= 0.6 is 0 Å². The van der Waals surface area contributed by atoms with Crippen LogP contribution in [0.25, 0.3) is 0 Å². The molecule has 2 rings (SSSR count). The summed E-state index contributed by atoms with van der Waals surface area (Å²) in [5.74, 6) is 0.0497. The molecule has 0 bridgehead atoms. The number of carbonyl (C=O) groups excluding carboxylic acids is 1. The monoisotopic (exact) mass is 247 g/mol. The summed E-state index contributed by atoms with van der Waals surface area (Å²) in [6.07, 6.45) is 1.02. The lowest BCUT2D eigenvalue weighted by Gasteiger charge is -2.35. The van der Waals surface area contributed by atoms with E-state index in [9.17, 15) is 4.79 Å². The molecular formula is C14H21N3O. The Balaban J connectivity index is 1.82. The lowest BCUT2D eigenvalue weighted by Crippen LogP contribution is -2.57. The largest absolute Gasteiger partial charge is 0.325 e. The Bertz CT molecular complexity index is 398. The van der Waals surface area contributed by atoms with E-state index in [1.807, 2.05) is 19.2 Å². The van der Waals surface area contributed by atoms with Gasteiger partial charge in [-0.15, -0.1) is 0 Å². The molecule has 0 atom stereocenters. The van der Waals surface area contributed by atoms with E-state index < -0.39 is 0 Å². The van der Waals surface area contributed by atoms with Crippen LogP contribution < -0.4 is 10.6 Å². The van der Waals surface area contributed by atoms with E-state index in [1.54, 1.807) is 0 Å². The number of anilines is 1. The molecule has 1 heterocycles. The summed E-state index contributed by atoms with van der Waals surface area (Å²) in [5.41, 5.74) is 2.16. The van der Waals surface area contributed by atoms with Crippen LogP contribution in [0.5, 0.6) is 0 Å². The maximum absolute atomic E-state index is 11.8. The summed E-state index contributed by atoms with van der Waals surface area (Å²) in [6, 6.07) is 8.52. The minimum Gasteiger partial charge on any atom is -0.325 e. The Morgan fingerprint density at radius 2 is 2.06 bits per heavy atom. The van der Waals surface area contributed by atoms with Gasteiger partial charge in [0.15, 0.2) is 0 Å². The standard InChI is InChI=1S/C14H21N3O/c1-3-11-4-6-12(7-5-11)16-14(18)10-17(2)13-8-15-9-13/h4-7,13,15H,3,8-10H2,1-2H3,(H,16,18). The van der Waals surface area contributed by atoms with E-state index in [0.717, 1.165) is 25.2 Å². The fourth-order valence-corrected chi connectivity index (χ4v) is 1.97. The van der Waals surface area contributed by atoms with Crippen LogP contribution in [0.4, 0.5) is 5.69 Å². The van der Waals surface area contributed by atoms with E-state index in [1.165, 1.54) is 5.56 Å². The second-order valence-electron chi connectivity index (χ2n) is 4.83. The predicted molar refractivity (Wildman–Crippen MR) is 73.7 cm³/mol. The zero-order valence-corrected chi connectivity index (χ0v) is 11.1. The van der Waals surface area contributed by atoms with Crippen molar-refractivity contribution in [2.75, 3.05) is 32.0 Å². The molecule has 98 valence electrons. The third-order valence-electron chi connectivity index (χ3n) is 3.42. The Morgan fingerprint density at radius 1 is 1.39 bits per heavy atom. The number of nitrogens with one attached hydrogen (secondary N) is 2. The number of hydrogen-bond donors (Lipinski definition) is 2. The number of carbonyl (C=O) groups is 1. The summed E-state index contributed by atoms with van der Waals surface area (Å²) < 4.78 is 0. The van der Waals surface area contributed by atoms with Gasteiger partial charge in [0, 0.05) is 24.8 Å². The molecule has 0 saturated carbocycles. The van der Waals surface area contributed by atoms with Gasteiger partial charge in [0.25, 0.3) is 0 Å². The molecule has 0 unspecified atom stereocenters. The molecular weight excluding hydrogens is 226 g/mol. The Kier molecular flexibility index (Phi) is 4.33. The van der Waals surface area contributed by atoms with E-state index in [0.29, 0.717) is 12.6 Å². The number of nitrogens with zero attached hydrogens (tertiary/aromatic N) is 1. The van der Waals surface area contributed by atoms with Crippen molar-refractivity contribution >= 4 is 11.6 Å². The van der Waals surface area contributed by atoms with E-state index in [4.69, 9.17) is 0 Å². The highest BCUT2D eigenvalue weighted by molar-refractivity contribution is 5.92. The summed E-state index contributed by atoms with van der Waals surface area (Å²) in [4.78, 5) is 13.9. The van der Waals surface area contributed by atoms with Crippen molar-refractivity contribution in [1.29, 1.82) is 0 Å². The van der Waals surface area contributed by atoms with Crippen molar-refractivity contribution in [3.05, 3.63) is 29.8 Å². The van der Waals surface area contributed by atoms with Crippen molar-refractivity contribution in [3.63, 3.8) is 0 Å². The lowest BCUT2D eigenvalue weighted by molar-refractivity contribution is -0.117. The van der Waals surface area contributed by atoms with Crippen LogP contribution in [0.2, 0.25) is 0 Å². The molecule has 1 aliphatic rings. The van der Waals surface area contributed by atoms with Crippen LogP contribution in [0, 0.1) is 0 Å². The van der Waals surface area contributed by atoms with Crippen LogP contribution in [-0.4, -0.2) is 43.5 Å². The van der Waals surface area contributed by atoms with Gasteiger partial charge < -0.3 is 10.6 Å². The molecule has 0 radical (unpaired) electrons. The molecule has 1 fully saturated rings. The highest BCUT2D eigenvalue weighted by atomic mass is 16.2. The molecule has 0 aromatic heterocycles. The molecule has 0 aliphatic carbocycles. The van der Waals surface area contributed by atoms with Crippen LogP contribution in [0.1, 0.15) is 12.5 Å². The SMILES string of the molecule is CCc1ccc(NC(=O)CN(C)C2CNC2)cc1. The van der Waals surface area contributed by atoms with Gasteiger partial charge in [0.2, 0.25) is 5.91 Å². The van der Waals surface area contributed by atoms with E-state index in [2.05, 4.69) is 34.6 Å². The van der Waals surface area contributed by atoms with Gasteiger partial charge >= 0.3 is 0 Å². The normalized spacial score (nSPS) is 15.5. The van der Waals surface area contributed by atoms with Gasteiger partial charge in [0.1, 0.15) is 0 Å². The van der Waals surface area contributed by atoms with Crippen molar-refractivity contribution in [2.45, 2.75) is 19.4 Å². The first-order chi connectivity index (χ1) is 8.69. The second-order valence-corrected chi connectivity index (χ2v) is 4.83. The molecule has 1 amide bonds.